The molecule has 0 aliphatic carbocycles. The number of hydrogen-bond donors (Lipinski definition) is 1. The van der Waals surface area contributed by atoms with Crippen molar-refractivity contribution in [2.24, 2.45) is 0 Å². The van der Waals surface area contributed by atoms with Crippen molar-refractivity contribution in [2.45, 2.75) is 5.25 Å². The van der Waals surface area contributed by atoms with Crippen molar-refractivity contribution in [3.8, 4) is 0 Å². The summed E-state index contributed by atoms with van der Waals surface area (Å²) in [6.45, 7) is 0.275. The maximum absolute atomic E-state index is 10.1. The molecule has 0 spiro atoms. The summed E-state index contributed by atoms with van der Waals surface area (Å²) >= 11 is 0. The molecule has 1 rings (SSSR count). The minimum Gasteiger partial charge on any atom is -0.378 e. The fourth-order valence-electron chi connectivity index (χ4n) is 0.386. The highest BCUT2D eigenvalue weighted by molar-refractivity contribution is 7.86. The Hall–Kier alpha value is 0.160. The zero-order valence-corrected chi connectivity index (χ0v) is 6.11. The molecule has 0 amide bonds. The summed E-state index contributed by atoms with van der Waals surface area (Å²) in [5, 5.41) is -0.664. The van der Waals surface area contributed by atoms with Crippen molar-refractivity contribution in [1.82, 2.24) is 0 Å². The third-order valence-corrected chi connectivity index (χ3v) is 2.14. The van der Waals surface area contributed by atoms with Gasteiger partial charge in [-0.2, -0.15) is 8.42 Å². The molecule has 6 heteroatoms. The average Bonchev–Trinajstić information content (AvgIpc) is 1.16. The van der Waals surface area contributed by atoms with Crippen LogP contribution in [0, 0.1) is 0 Å². The maximum Gasteiger partial charge on any atom is 0.272 e. The molecule has 1 saturated heterocycles. The Morgan fingerprint density at radius 1 is 1.44 bits per heavy atom. The van der Waals surface area contributed by atoms with E-state index in [4.69, 9.17) is 4.55 Å². The van der Waals surface area contributed by atoms with Gasteiger partial charge in [-0.05, 0) is 0 Å². The molecular formula is C3H7ClO4S. The van der Waals surface area contributed by atoms with E-state index in [1.165, 1.54) is 0 Å². The quantitative estimate of drug-likeness (QED) is 0.555. The SMILES string of the molecule is Cl.O=S(=O)(O)C1COC1. The van der Waals surface area contributed by atoms with Crippen LogP contribution in [0.1, 0.15) is 0 Å². The van der Waals surface area contributed by atoms with Gasteiger partial charge in [-0.1, -0.05) is 0 Å². The lowest BCUT2D eigenvalue weighted by atomic mass is 10.4. The molecule has 56 valence electrons. The number of rotatable bonds is 1. The van der Waals surface area contributed by atoms with Crippen LogP contribution < -0.4 is 0 Å². The molecule has 0 unspecified atom stereocenters. The molecule has 1 N–H and O–H groups in total. The van der Waals surface area contributed by atoms with Crippen molar-refractivity contribution >= 4 is 22.5 Å². The first-order valence-corrected chi connectivity index (χ1v) is 3.65. The summed E-state index contributed by atoms with van der Waals surface area (Å²) in [7, 11) is -3.79. The number of halogens is 1. The molecule has 0 radical (unpaired) electrons. The van der Waals surface area contributed by atoms with Gasteiger partial charge in [-0.15, -0.1) is 12.4 Å². The summed E-state index contributed by atoms with van der Waals surface area (Å²) in [5.74, 6) is 0. The minimum absolute atomic E-state index is 0. The Morgan fingerprint density at radius 2 is 1.89 bits per heavy atom. The first-order chi connectivity index (χ1) is 3.61. The van der Waals surface area contributed by atoms with Gasteiger partial charge in [0.2, 0.25) is 0 Å². The lowest BCUT2D eigenvalue weighted by Crippen LogP contribution is -2.40. The van der Waals surface area contributed by atoms with Crippen molar-refractivity contribution in [3.63, 3.8) is 0 Å². The normalized spacial score (nSPS) is 20.1. The van der Waals surface area contributed by atoms with Gasteiger partial charge < -0.3 is 4.74 Å². The lowest BCUT2D eigenvalue weighted by Gasteiger charge is -2.22. The van der Waals surface area contributed by atoms with Crippen molar-refractivity contribution in [1.29, 1.82) is 0 Å². The Labute approximate surface area is 59.4 Å². The minimum atomic E-state index is -3.79. The molecule has 1 heterocycles. The molecule has 9 heavy (non-hydrogen) atoms. The monoisotopic (exact) mass is 174 g/mol. The number of ether oxygens (including phenoxy) is 1. The molecule has 0 aromatic carbocycles. The van der Waals surface area contributed by atoms with Gasteiger partial charge in [0.1, 0.15) is 5.25 Å². The van der Waals surface area contributed by atoms with E-state index in [0.29, 0.717) is 0 Å². The summed E-state index contributed by atoms with van der Waals surface area (Å²) in [6, 6.07) is 0. The van der Waals surface area contributed by atoms with E-state index < -0.39 is 15.4 Å². The van der Waals surface area contributed by atoms with Gasteiger partial charge in [-0.25, -0.2) is 0 Å². The molecular weight excluding hydrogens is 168 g/mol. The molecule has 1 aliphatic heterocycles. The van der Waals surface area contributed by atoms with Gasteiger partial charge in [-0.3, -0.25) is 4.55 Å². The van der Waals surface area contributed by atoms with Crippen LogP contribution in [0.3, 0.4) is 0 Å². The van der Waals surface area contributed by atoms with Gasteiger partial charge in [0, 0.05) is 0 Å². The van der Waals surface area contributed by atoms with Crippen LogP contribution in [0.15, 0.2) is 0 Å². The Morgan fingerprint density at radius 3 is 1.89 bits per heavy atom. The van der Waals surface area contributed by atoms with E-state index in [9.17, 15) is 8.42 Å². The van der Waals surface area contributed by atoms with E-state index in [1.54, 1.807) is 0 Å². The largest absolute Gasteiger partial charge is 0.378 e. The van der Waals surface area contributed by atoms with Gasteiger partial charge >= 0.3 is 0 Å². The molecule has 1 aliphatic rings. The Kier molecular flexibility index (Phi) is 2.88. The zero-order valence-electron chi connectivity index (χ0n) is 4.48. The zero-order chi connectivity index (χ0) is 6.20. The molecule has 0 aromatic heterocycles. The van der Waals surface area contributed by atoms with Crippen LogP contribution in [0.2, 0.25) is 0 Å². The first-order valence-electron chi connectivity index (χ1n) is 2.15. The third kappa shape index (κ3) is 2.09. The van der Waals surface area contributed by atoms with E-state index in [0.717, 1.165) is 0 Å². The van der Waals surface area contributed by atoms with E-state index >= 15 is 0 Å². The van der Waals surface area contributed by atoms with Crippen LogP contribution in [0.5, 0.6) is 0 Å². The van der Waals surface area contributed by atoms with E-state index in [-0.39, 0.29) is 25.6 Å². The highest BCUT2D eigenvalue weighted by atomic mass is 35.5. The fraction of sp³-hybridized carbons (Fsp3) is 1.00. The van der Waals surface area contributed by atoms with Crippen LogP contribution in [0.4, 0.5) is 0 Å². The second-order valence-electron chi connectivity index (χ2n) is 1.67. The topological polar surface area (TPSA) is 63.6 Å². The van der Waals surface area contributed by atoms with E-state index in [1.807, 2.05) is 0 Å². The van der Waals surface area contributed by atoms with E-state index in [2.05, 4.69) is 4.74 Å². The first kappa shape index (κ1) is 9.16. The predicted molar refractivity (Wildman–Crippen MR) is 33.4 cm³/mol. The average molecular weight is 175 g/mol. The smallest absolute Gasteiger partial charge is 0.272 e. The Bertz CT molecular complexity index is 170. The lowest BCUT2D eigenvalue weighted by molar-refractivity contribution is 0.0385. The molecule has 0 bridgehead atoms. The van der Waals surface area contributed by atoms with Crippen LogP contribution in [-0.4, -0.2) is 31.4 Å². The highest BCUT2D eigenvalue weighted by Crippen LogP contribution is 2.08. The summed E-state index contributed by atoms with van der Waals surface area (Å²) in [4.78, 5) is 0. The third-order valence-electron chi connectivity index (χ3n) is 1.03. The second-order valence-corrected chi connectivity index (χ2v) is 3.37. The second kappa shape index (κ2) is 2.83. The van der Waals surface area contributed by atoms with Crippen molar-refractivity contribution in [2.75, 3.05) is 13.2 Å². The summed E-state index contributed by atoms with van der Waals surface area (Å²) in [5.41, 5.74) is 0. The molecule has 0 aromatic rings. The number of hydrogen-bond acceptors (Lipinski definition) is 3. The van der Waals surface area contributed by atoms with Crippen LogP contribution >= 0.6 is 12.4 Å². The molecule has 4 nitrogen and oxygen atoms in total. The highest BCUT2D eigenvalue weighted by Gasteiger charge is 2.30. The maximum atomic E-state index is 10.1. The van der Waals surface area contributed by atoms with Crippen LogP contribution in [-0.2, 0) is 14.9 Å². The molecule has 1 fully saturated rings. The fourth-order valence-corrected chi connectivity index (χ4v) is 0.922. The predicted octanol–water partition coefficient (Wildman–Crippen LogP) is -0.305. The van der Waals surface area contributed by atoms with Crippen LogP contribution in [0.25, 0.3) is 0 Å². The standard InChI is InChI=1S/C3H6O4S.ClH/c4-8(5,6)3-1-7-2-3;/h3H,1-2H2,(H,4,5,6);1H. The molecule has 0 saturated carbocycles. The Balaban J connectivity index is 0.000000640. The molecule has 0 atom stereocenters. The summed E-state index contributed by atoms with van der Waals surface area (Å²) < 4.78 is 32.9. The van der Waals surface area contributed by atoms with Gasteiger partial charge in [0.25, 0.3) is 10.1 Å². The van der Waals surface area contributed by atoms with Crippen molar-refractivity contribution < 1.29 is 17.7 Å². The van der Waals surface area contributed by atoms with Gasteiger partial charge in [0.15, 0.2) is 0 Å². The summed E-state index contributed by atoms with van der Waals surface area (Å²) in [6.07, 6.45) is 0. The van der Waals surface area contributed by atoms with Crippen molar-refractivity contribution in [3.05, 3.63) is 0 Å². The van der Waals surface area contributed by atoms with Gasteiger partial charge in [0.05, 0.1) is 13.2 Å².